The third-order valence-corrected chi connectivity index (χ3v) is 7.84. The zero-order valence-corrected chi connectivity index (χ0v) is 25.6. The molecule has 13 heteroatoms. The molecular formula is C31H35F3N2O8. The normalized spacial score (nSPS) is 19.5. The molecule has 44 heavy (non-hydrogen) atoms. The summed E-state index contributed by atoms with van der Waals surface area (Å²) < 4.78 is 72.1. The van der Waals surface area contributed by atoms with Gasteiger partial charge in [0.15, 0.2) is 28.8 Å². The summed E-state index contributed by atoms with van der Waals surface area (Å²) in [5, 5.41) is 1.93. The van der Waals surface area contributed by atoms with Gasteiger partial charge in [0.25, 0.3) is 11.8 Å². The summed E-state index contributed by atoms with van der Waals surface area (Å²) in [6.45, 7) is 3.30. The van der Waals surface area contributed by atoms with Crippen LogP contribution in [-0.2, 0) is 16.0 Å². The number of nitrogens with one attached hydrogen (secondary N) is 1. The topological polar surface area (TPSA) is 113 Å². The van der Waals surface area contributed by atoms with Crippen LogP contribution in [0.3, 0.4) is 0 Å². The number of halogens is 3. The van der Waals surface area contributed by atoms with Gasteiger partial charge >= 0.3 is 6.18 Å². The molecule has 2 aromatic carbocycles. The molecular weight excluding hydrogens is 585 g/mol. The molecule has 2 amide bonds. The number of carbonyl (C=O) groups excluding carboxylic acids is 3. The van der Waals surface area contributed by atoms with Crippen LogP contribution in [0.1, 0.15) is 42.6 Å². The monoisotopic (exact) mass is 620 g/mol. The van der Waals surface area contributed by atoms with E-state index in [1.54, 1.807) is 32.0 Å². The molecule has 238 valence electrons. The molecule has 0 aromatic heterocycles. The highest BCUT2D eigenvalue weighted by atomic mass is 19.4. The summed E-state index contributed by atoms with van der Waals surface area (Å²) in [6.07, 6.45) is -5.45. The number of Topliss-reactive ketones (excluding diaryl/α,β-unsaturated/α-hetero) is 1. The number of hydrogen-bond acceptors (Lipinski definition) is 8. The van der Waals surface area contributed by atoms with Gasteiger partial charge in [0.05, 0.1) is 41.1 Å². The van der Waals surface area contributed by atoms with Crippen molar-refractivity contribution in [2.24, 2.45) is 5.41 Å². The van der Waals surface area contributed by atoms with E-state index in [0.29, 0.717) is 17.1 Å². The number of methoxy groups -OCH3 is 5. The minimum atomic E-state index is -5.36. The summed E-state index contributed by atoms with van der Waals surface area (Å²) in [6, 6.07) is 7.34. The van der Waals surface area contributed by atoms with Crippen molar-refractivity contribution in [1.29, 1.82) is 0 Å². The molecule has 0 saturated heterocycles. The van der Waals surface area contributed by atoms with Gasteiger partial charge in [-0.15, -0.1) is 0 Å². The highest BCUT2D eigenvalue weighted by molar-refractivity contribution is 6.14. The smallest absolute Gasteiger partial charge is 0.425 e. The van der Waals surface area contributed by atoms with Gasteiger partial charge in [0.2, 0.25) is 11.3 Å². The van der Waals surface area contributed by atoms with Crippen molar-refractivity contribution in [2.75, 3.05) is 42.1 Å². The number of allylic oxidation sites excluding steroid dienone is 1. The van der Waals surface area contributed by atoms with Crippen LogP contribution < -0.4 is 29.0 Å². The van der Waals surface area contributed by atoms with Crippen LogP contribution in [0.2, 0.25) is 0 Å². The zero-order valence-electron chi connectivity index (χ0n) is 25.6. The molecule has 0 radical (unpaired) electrons. The predicted molar refractivity (Wildman–Crippen MR) is 152 cm³/mol. The Kier molecular flexibility index (Phi) is 8.81. The minimum absolute atomic E-state index is 0.0164. The van der Waals surface area contributed by atoms with Crippen LogP contribution in [0, 0.1) is 5.41 Å². The van der Waals surface area contributed by atoms with Gasteiger partial charge in [-0.25, -0.2) is 0 Å². The van der Waals surface area contributed by atoms with Crippen LogP contribution >= 0.6 is 0 Å². The summed E-state index contributed by atoms with van der Waals surface area (Å²) in [5.74, 6) is -2.56. The summed E-state index contributed by atoms with van der Waals surface area (Å²) >= 11 is 0. The third-order valence-electron chi connectivity index (χ3n) is 7.84. The number of nitrogens with zero attached hydrogens (tertiary/aromatic N) is 1. The molecule has 0 saturated carbocycles. The Morgan fingerprint density at radius 1 is 0.864 bits per heavy atom. The number of rotatable bonds is 10. The number of hydrogen-bond donors (Lipinski definition) is 1. The lowest BCUT2D eigenvalue weighted by molar-refractivity contribution is -0.190. The van der Waals surface area contributed by atoms with Gasteiger partial charge in [-0.05, 0) is 48.1 Å². The van der Waals surface area contributed by atoms with E-state index in [9.17, 15) is 14.4 Å². The highest BCUT2D eigenvalue weighted by Crippen LogP contribution is 2.52. The first-order valence-electron chi connectivity index (χ1n) is 13.7. The summed E-state index contributed by atoms with van der Waals surface area (Å²) in [7, 11) is 6.82. The molecule has 0 fully saturated rings. The lowest BCUT2D eigenvalue weighted by Gasteiger charge is -2.35. The second-order valence-corrected chi connectivity index (χ2v) is 11.3. The third kappa shape index (κ3) is 5.50. The number of ketones is 1. The average molecular weight is 621 g/mol. The van der Waals surface area contributed by atoms with Gasteiger partial charge in [-0.1, -0.05) is 19.9 Å². The lowest BCUT2D eigenvalue weighted by atomic mass is 9.72. The van der Waals surface area contributed by atoms with E-state index in [1.807, 2.05) is 5.32 Å². The van der Waals surface area contributed by atoms with E-state index in [2.05, 4.69) is 0 Å². The van der Waals surface area contributed by atoms with Gasteiger partial charge in [-0.3, -0.25) is 14.4 Å². The highest BCUT2D eigenvalue weighted by Gasteiger charge is 2.71. The fourth-order valence-electron chi connectivity index (χ4n) is 5.79. The Morgan fingerprint density at radius 3 is 1.98 bits per heavy atom. The molecule has 1 aliphatic carbocycles. The quantitative estimate of drug-likeness (QED) is 0.414. The van der Waals surface area contributed by atoms with Crippen LogP contribution in [-0.4, -0.2) is 76.3 Å². The van der Waals surface area contributed by atoms with Crippen molar-refractivity contribution in [3.05, 3.63) is 52.7 Å². The van der Waals surface area contributed by atoms with Crippen molar-refractivity contribution in [3.63, 3.8) is 0 Å². The predicted octanol–water partition coefficient (Wildman–Crippen LogP) is 4.49. The lowest BCUT2D eigenvalue weighted by Crippen LogP contribution is -2.66. The number of ether oxygens (including phenoxy) is 5. The fraction of sp³-hybridized carbons (Fsp3) is 0.452. The zero-order chi connectivity index (χ0) is 32.6. The first-order valence-corrected chi connectivity index (χ1v) is 13.7. The Labute approximate surface area is 253 Å². The van der Waals surface area contributed by atoms with E-state index in [4.69, 9.17) is 23.7 Å². The van der Waals surface area contributed by atoms with Gasteiger partial charge < -0.3 is 33.9 Å². The van der Waals surface area contributed by atoms with E-state index in [1.165, 1.54) is 35.5 Å². The average Bonchev–Trinajstić information content (AvgIpc) is 3.21. The first kappa shape index (κ1) is 32.5. The molecule has 2 aliphatic rings. The maximum atomic E-state index is 15.3. The molecule has 1 atom stereocenters. The van der Waals surface area contributed by atoms with Gasteiger partial charge in [-0.2, -0.15) is 13.2 Å². The van der Waals surface area contributed by atoms with Crippen LogP contribution in [0.25, 0.3) is 0 Å². The molecule has 10 nitrogen and oxygen atoms in total. The van der Waals surface area contributed by atoms with Crippen LogP contribution in [0.5, 0.6) is 28.7 Å². The molecule has 0 spiro atoms. The van der Waals surface area contributed by atoms with Gasteiger partial charge in [0, 0.05) is 24.2 Å². The SMILES string of the molecule is COc1ccc(CCN2C(=O)[C@@](NC(=O)c3cc(OC)c(OC)c(OC)c3)(C(F)(F)F)C3=C2CC(C)(C)CC3=O)cc1OC. The molecule has 0 bridgehead atoms. The summed E-state index contributed by atoms with van der Waals surface area (Å²) in [5.41, 5.74) is -4.79. The summed E-state index contributed by atoms with van der Waals surface area (Å²) in [4.78, 5) is 42.1. The Balaban J connectivity index is 1.81. The van der Waals surface area contributed by atoms with E-state index < -0.39 is 40.3 Å². The van der Waals surface area contributed by atoms with Crippen molar-refractivity contribution < 1.29 is 51.2 Å². The maximum Gasteiger partial charge on any atom is 0.425 e. The Bertz CT molecular complexity index is 1490. The largest absolute Gasteiger partial charge is 0.493 e. The fourth-order valence-corrected chi connectivity index (χ4v) is 5.79. The van der Waals surface area contributed by atoms with Crippen molar-refractivity contribution in [1.82, 2.24) is 10.2 Å². The van der Waals surface area contributed by atoms with Crippen LogP contribution in [0.4, 0.5) is 13.2 Å². The van der Waals surface area contributed by atoms with E-state index >= 15 is 13.2 Å². The molecule has 1 aliphatic heterocycles. The van der Waals surface area contributed by atoms with Gasteiger partial charge in [0.1, 0.15) is 0 Å². The van der Waals surface area contributed by atoms with Crippen molar-refractivity contribution in [3.8, 4) is 28.7 Å². The molecule has 0 unspecified atom stereocenters. The molecule has 1 N–H and O–H groups in total. The molecule has 4 rings (SSSR count). The van der Waals surface area contributed by atoms with Crippen molar-refractivity contribution >= 4 is 17.6 Å². The second kappa shape index (κ2) is 11.9. The second-order valence-electron chi connectivity index (χ2n) is 11.3. The number of alkyl halides is 3. The Hall–Kier alpha value is -4.42. The van der Waals surface area contributed by atoms with Crippen molar-refractivity contribution in [2.45, 2.75) is 44.8 Å². The Morgan fingerprint density at radius 2 is 1.45 bits per heavy atom. The maximum absolute atomic E-state index is 15.3. The number of carbonyl (C=O) groups is 3. The minimum Gasteiger partial charge on any atom is -0.493 e. The van der Waals surface area contributed by atoms with Crippen LogP contribution in [0.15, 0.2) is 41.6 Å². The number of benzene rings is 2. The first-order chi connectivity index (χ1) is 20.7. The van der Waals surface area contributed by atoms with E-state index in [-0.39, 0.29) is 54.3 Å². The number of amides is 2. The molecule has 1 heterocycles. The van der Waals surface area contributed by atoms with E-state index in [0.717, 1.165) is 17.0 Å². The standard InChI is InChI=1S/C31H35F3N2O8/c1-29(2)15-19-25(20(37)16-29)30(31(32,33)34,35-27(38)18-13-23(42-5)26(44-7)24(14-18)43-6)28(39)36(19)11-10-17-8-9-21(40-3)22(12-17)41-4/h8-9,12-14H,10-11,15-16H2,1-7H3,(H,35,38)/t30-/m1/s1. The molecule has 2 aromatic rings.